The molecule has 0 aliphatic heterocycles. The Morgan fingerprint density at radius 2 is 1.95 bits per heavy atom. The number of hydrogen-bond acceptors (Lipinski definition) is 3. The molecule has 1 aromatic rings. The lowest BCUT2D eigenvalue weighted by Crippen LogP contribution is -2.51. The van der Waals surface area contributed by atoms with Crippen LogP contribution in [0.2, 0.25) is 0 Å². The summed E-state index contributed by atoms with van der Waals surface area (Å²) in [6, 6.07) is 3.24. The number of halogens is 2. The Hall–Kier alpha value is -0.580. The zero-order valence-corrected chi connectivity index (χ0v) is 14.6. The summed E-state index contributed by atoms with van der Waals surface area (Å²) in [4.78, 5) is 23.3. The fraction of sp³-hybridized carbons (Fsp3) is 0.333. The van der Waals surface area contributed by atoms with Gasteiger partial charge in [0.25, 0.3) is 5.91 Å². The quantitative estimate of drug-likeness (QED) is 0.568. The molecular weight excluding hydrogens is 476 g/mol. The minimum atomic E-state index is -1.35. The van der Waals surface area contributed by atoms with Crippen LogP contribution in [0.5, 0.6) is 5.75 Å². The Bertz CT molecular complexity index is 533. The summed E-state index contributed by atoms with van der Waals surface area (Å²) in [5.74, 6) is -1.84. The molecule has 7 heteroatoms. The number of carbonyl (C=O) groups excluding carboxylic acids is 1. The molecule has 0 aliphatic carbocycles. The summed E-state index contributed by atoms with van der Waals surface area (Å²) in [5, 5.41) is 21.5. The second-order valence-corrected chi connectivity index (χ2v) is 6.64. The molecule has 0 aromatic heterocycles. The van der Waals surface area contributed by atoms with Gasteiger partial charge in [-0.2, -0.15) is 0 Å². The van der Waals surface area contributed by atoms with Crippen molar-refractivity contribution in [1.82, 2.24) is 5.32 Å². The molecule has 1 atom stereocenters. The first-order chi connectivity index (χ1) is 8.71. The summed E-state index contributed by atoms with van der Waals surface area (Å²) in [6.07, 6.45) is 0.246. The van der Waals surface area contributed by atoms with Gasteiger partial charge in [0.05, 0.1) is 9.13 Å². The third kappa shape index (κ3) is 3.71. The molecular formula is C12H13I2NO4. The second-order valence-electron chi connectivity index (χ2n) is 4.23. The molecule has 0 aliphatic rings. The minimum Gasteiger partial charge on any atom is -0.506 e. The van der Waals surface area contributed by atoms with E-state index in [0.717, 1.165) is 3.57 Å². The molecule has 1 unspecified atom stereocenters. The van der Waals surface area contributed by atoms with Gasteiger partial charge in [-0.25, -0.2) is 4.79 Å². The van der Waals surface area contributed by atoms with Gasteiger partial charge in [-0.05, 0) is 70.7 Å². The SMILES string of the molecule is CCC(C)(NC(=O)c1cc(I)cc(I)c1O)C(=O)O. The number of carboxylic acids is 1. The summed E-state index contributed by atoms with van der Waals surface area (Å²) in [7, 11) is 0. The molecule has 0 bridgehead atoms. The average Bonchev–Trinajstić information content (AvgIpc) is 2.33. The number of rotatable bonds is 4. The fourth-order valence-corrected chi connectivity index (χ4v) is 3.19. The summed E-state index contributed by atoms with van der Waals surface area (Å²) < 4.78 is 1.33. The van der Waals surface area contributed by atoms with Crippen LogP contribution in [0.25, 0.3) is 0 Å². The molecule has 0 fully saturated rings. The van der Waals surface area contributed by atoms with Crippen LogP contribution in [-0.2, 0) is 4.79 Å². The lowest BCUT2D eigenvalue weighted by atomic mass is 9.98. The van der Waals surface area contributed by atoms with Gasteiger partial charge in [-0.3, -0.25) is 4.79 Å². The van der Waals surface area contributed by atoms with E-state index in [2.05, 4.69) is 5.32 Å². The van der Waals surface area contributed by atoms with Crippen molar-refractivity contribution in [3.8, 4) is 5.75 Å². The maximum Gasteiger partial charge on any atom is 0.329 e. The maximum absolute atomic E-state index is 12.1. The largest absolute Gasteiger partial charge is 0.506 e. The number of aliphatic carboxylic acids is 1. The summed E-state index contributed by atoms with van der Waals surface area (Å²) in [5.41, 5.74) is -1.27. The van der Waals surface area contributed by atoms with Crippen molar-refractivity contribution in [2.75, 3.05) is 0 Å². The van der Waals surface area contributed by atoms with Gasteiger partial charge in [0.2, 0.25) is 0 Å². The Morgan fingerprint density at radius 3 is 2.42 bits per heavy atom. The summed E-state index contributed by atoms with van der Waals surface area (Å²) >= 11 is 3.95. The number of carboxylic acid groups (broad SMARTS) is 1. The van der Waals surface area contributed by atoms with Gasteiger partial charge in [0, 0.05) is 3.57 Å². The van der Waals surface area contributed by atoms with Crippen molar-refractivity contribution in [3.05, 3.63) is 24.8 Å². The predicted molar refractivity (Wildman–Crippen MR) is 87.3 cm³/mol. The number of phenolic OH excluding ortho intramolecular Hbond substituents is 1. The zero-order valence-electron chi connectivity index (χ0n) is 10.3. The van der Waals surface area contributed by atoms with E-state index in [0.29, 0.717) is 3.57 Å². The smallest absolute Gasteiger partial charge is 0.329 e. The maximum atomic E-state index is 12.1. The number of carbonyl (C=O) groups is 2. The van der Waals surface area contributed by atoms with Crippen LogP contribution in [0.15, 0.2) is 12.1 Å². The van der Waals surface area contributed by atoms with Crippen molar-refractivity contribution < 1.29 is 19.8 Å². The second kappa shape index (κ2) is 6.25. The van der Waals surface area contributed by atoms with E-state index in [1.807, 2.05) is 45.2 Å². The van der Waals surface area contributed by atoms with Gasteiger partial charge in [-0.1, -0.05) is 6.92 Å². The molecule has 0 radical (unpaired) electrons. The first-order valence-corrected chi connectivity index (χ1v) is 7.61. The van der Waals surface area contributed by atoms with E-state index in [4.69, 9.17) is 5.11 Å². The fourth-order valence-electron chi connectivity index (χ4n) is 1.35. The van der Waals surface area contributed by atoms with Crippen LogP contribution in [0, 0.1) is 7.14 Å². The molecule has 0 saturated heterocycles. The van der Waals surface area contributed by atoms with Crippen molar-refractivity contribution in [2.24, 2.45) is 0 Å². The summed E-state index contributed by atoms with van der Waals surface area (Å²) in [6.45, 7) is 3.11. The van der Waals surface area contributed by atoms with Gasteiger partial charge in [0.1, 0.15) is 11.3 Å². The highest BCUT2D eigenvalue weighted by atomic mass is 127. The number of nitrogens with one attached hydrogen (secondary N) is 1. The highest BCUT2D eigenvalue weighted by Crippen LogP contribution is 2.27. The normalized spacial score (nSPS) is 13.7. The van der Waals surface area contributed by atoms with Crippen LogP contribution >= 0.6 is 45.2 Å². The first-order valence-electron chi connectivity index (χ1n) is 5.45. The zero-order chi connectivity index (χ0) is 14.8. The molecule has 104 valence electrons. The van der Waals surface area contributed by atoms with E-state index >= 15 is 0 Å². The van der Waals surface area contributed by atoms with E-state index in [1.165, 1.54) is 13.0 Å². The molecule has 5 nitrogen and oxygen atoms in total. The number of amides is 1. The van der Waals surface area contributed by atoms with Gasteiger partial charge < -0.3 is 15.5 Å². The number of aromatic hydroxyl groups is 1. The van der Waals surface area contributed by atoms with Crippen LogP contribution in [0.4, 0.5) is 0 Å². The minimum absolute atomic E-state index is 0.0808. The molecule has 1 amide bonds. The van der Waals surface area contributed by atoms with Crippen molar-refractivity contribution >= 4 is 57.1 Å². The van der Waals surface area contributed by atoms with E-state index in [1.54, 1.807) is 13.0 Å². The monoisotopic (exact) mass is 489 g/mol. The Labute approximate surface area is 138 Å². The van der Waals surface area contributed by atoms with Crippen molar-refractivity contribution in [3.63, 3.8) is 0 Å². The van der Waals surface area contributed by atoms with E-state index in [-0.39, 0.29) is 17.7 Å². The highest BCUT2D eigenvalue weighted by molar-refractivity contribution is 14.1. The Kier molecular flexibility index (Phi) is 5.42. The van der Waals surface area contributed by atoms with Gasteiger partial charge >= 0.3 is 5.97 Å². The number of phenols is 1. The van der Waals surface area contributed by atoms with Crippen molar-refractivity contribution in [2.45, 2.75) is 25.8 Å². The molecule has 3 N–H and O–H groups in total. The molecule has 1 rings (SSSR count). The predicted octanol–water partition coefficient (Wildman–Crippen LogP) is 2.58. The highest BCUT2D eigenvalue weighted by Gasteiger charge is 2.33. The number of benzene rings is 1. The Balaban J connectivity index is 3.12. The first kappa shape index (κ1) is 16.5. The lowest BCUT2D eigenvalue weighted by Gasteiger charge is -2.24. The van der Waals surface area contributed by atoms with Crippen LogP contribution in [-0.4, -0.2) is 27.6 Å². The molecule has 0 saturated carbocycles. The third-order valence-corrected chi connectivity index (χ3v) is 4.29. The molecule has 19 heavy (non-hydrogen) atoms. The van der Waals surface area contributed by atoms with E-state index < -0.39 is 17.4 Å². The Morgan fingerprint density at radius 1 is 1.37 bits per heavy atom. The standard InChI is InChI=1S/C12H13I2NO4/c1-3-12(2,11(18)19)15-10(17)7-4-6(13)5-8(14)9(7)16/h4-5,16H,3H2,1-2H3,(H,15,17)(H,18,19). The topological polar surface area (TPSA) is 86.6 Å². The molecule has 0 heterocycles. The van der Waals surface area contributed by atoms with Crippen molar-refractivity contribution in [1.29, 1.82) is 0 Å². The molecule has 1 aromatic carbocycles. The van der Waals surface area contributed by atoms with E-state index in [9.17, 15) is 14.7 Å². The lowest BCUT2D eigenvalue weighted by molar-refractivity contribution is -0.143. The molecule has 0 spiro atoms. The van der Waals surface area contributed by atoms with Gasteiger partial charge in [0.15, 0.2) is 0 Å². The number of hydrogen-bond donors (Lipinski definition) is 3. The van der Waals surface area contributed by atoms with Gasteiger partial charge in [-0.15, -0.1) is 0 Å². The van der Waals surface area contributed by atoms with Crippen LogP contribution in [0.3, 0.4) is 0 Å². The average molecular weight is 489 g/mol. The third-order valence-electron chi connectivity index (χ3n) is 2.84. The van der Waals surface area contributed by atoms with Crippen LogP contribution < -0.4 is 5.32 Å². The van der Waals surface area contributed by atoms with Crippen LogP contribution in [0.1, 0.15) is 30.6 Å².